The topological polar surface area (TPSA) is 70.5 Å². The molecule has 2 amide bonds. The summed E-state index contributed by atoms with van der Waals surface area (Å²) < 4.78 is 2.16. The molecule has 1 aromatic heterocycles. The number of piperazine rings is 1. The number of piperidine rings is 1. The molecule has 1 saturated carbocycles. The molecule has 1 N–H and O–H groups in total. The summed E-state index contributed by atoms with van der Waals surface area (Å²) in [6.07, 6.45) is 9.24. The van der Waals surface area contributed by atoms with Gasteiger partial charge < -0.3 is 14.8 Å². The third kappa shape index (κ3) is 4.23. The standard InChI is InChI=1S/C27H39N5O2/c1-3-15-32-25(33)22(18-20-9-5-4-6-10-20)29-26(34)27(32)13-16-31(17-14-27)19-24-28-21-11-7-8-12-23(21)30(24)2/h7-8,11-12,20,22H,3-6,9-10,13-19H2,1-2H3,(H,29,34). The van der Waals surface area contributed by atoms with Gasteiger partial charge in [0.05, 0.1) is 17.6 Å². The summed E-state index contributed by atoms with van der Waals surface area (Å²) in [6, 6.07) is 7.87. The number of para-hydroxylation sites is 2. The third-order valence-corrected chi connectivity index (χ3v) is 8.48. The maximum atomic E-state index is 13.6. The number of imidazole rings is 1. The van der Waals surface area contributed by atoms with E-state index in [0.29, 0.717) is 25.3 Å². The van der Waals surface area contributed by atoms with Crippen LogP contribution in [-0.4, -0.2) is 62.4 Å². The highest BCUT2D eigenvalue weighted by atomic mass is 16.2. The van der Waals surface area contributed by atoms with Gasteiger partial charge in [-0.3, -0.25) is 14.5 Å². The molecule has 3 aliphatic rings. The molecule has 3 fully saturated rings. The molecule has 1 atom stereocenters. The van der Waals surface area contributed by atoms with Crippen LogP contribution in [0.5, 0.6) is 0 Å². The minimum absolute atomic E-state index is 0.0729. The van der Waals surface area contributed by atoms with Crippen LogP contribution < -0.4 is 5.32 Å². The number of carbonyl (C=O) groups is 2. The fourth-order valence-electron chi connectivity index (χ4n) is 6.45. The van der Waals surface area contributed by atoms with E-state index in [1.807, 2.05) is 23.1 Å². The molecule has 3 heterocycles. The van der Waals surface area contributed by atoms with Gasteiger partial charge in [0, 0.05) is 26.7 Å². The van der Waals surface area contributed by atoms with E-state index in [9.17, 15) is 9.59 Å². The van der Waals surface area contributed by atoms with Crippen molar-refractivity contribution in [3.63, 3.8) is 0 Å². The van der Waals surface area contributed by atoms with Crippen molar-refractivity contribution in [2.45, 2.75) is 82.8 Å². The Kier molecular flexibility index (Phi) is 6.65. The van der Waals surface area contributed by atoms with E-state index >= 15 is 0 Å². The first-order valence-corrected chi connectivity index (χ1v) is 13.3. The van der Waals surface area contributed by atoms with Gasteiger partial charge >= 0.3 is 0 Å². The van der Waals surface area contributed by atoms with E-state index in [4.69, 9.17) is 4.98 Å². The van der Waals surface area contributed by atoms with Crippen LogP contribution in [0.2, 0.25) is 0 Å². The van der Waals surface area contributed by atoms with Gasteiger partial charge in [-0.25, -0.2) is 4.98 Å². The second-order valence-corrected chi connectivity index (χ2v) is 10.6. The Labute approximate surface area is 202 Å². The predicted octanol–water partition coefficient (Wildman–Crippen LogP) is 3.62. The second-order valence-electron chi connectivity index (χ2n) is 10.6. The van der Waals surface area contributed by atoms with Crippen LogP contribution >= 0.6 is 0 Å². The number of aromatic nitrogens is 2. The average Bonchev–Trinajstić information content (AvgIpc) is 3.17. The first kappa shape index (κ1) is 23.3. The molecule has 1 unspecified atom stereocenters. The van der Waals surface area contributed by atoms with Gasteiger partial charge in [-0.05, 0) is 43.7 Å². The quantitative estimate of drug-likeness (QED) is 0.708. The minimum Gasteiger partial charge on any atom is -0.342 e. The van der Waals surface area contributed by atoms with Gasteiger partial charge in [-0.15, -0.1) is 0 Å². The predicted molar refractivity (Wildman–Crippen MR) is 133 cm³/mol. The number of aryl methyl sites for hydroxylation is 1. The molecule has 0 radical (unpaired) electrons. The first-order chi connectivity index (χ1) is 16.5. The van der Waals surface area contributed by atoms with Gasteiger partial charge in [0.25, 0.3) is 0 Å². The van der Waals surface area contributed by atoms with Crippen molar-refractivity contribution in [3.8, 4) is 0 Å². The molecule has 2 aromatic rings. The number of nitrogens with zero attached hydrogens (tertiary/aromatic N) is 4. The van der Waals surface area contributed by atoms with Crippen LogP contribution in [0.3, 0.4) is 0 Å². The maximum Gasteiger partial charge on any atom is 0.246 e. The lowest BCUT2D eigenvalue weighted by Gasteiger charge is -2.52. The Hall–Kier alpha value is -2.41. The van der Waals surface area contributed by atoms with Crippen LogP contribution in [0.25, 0.3) is 11.0 Å². The Morgan fingerprint density at radius 3 is 2.53 bits per heavy atom. The molecule has 34 heavy (non-hydrogen) atoms. The fraction of sp³-hybridized carbons (Fsp3) is 0.667. The van der Waals surface area contributed by atoms with Crippen molar-refractivity contribution in [1.82, 2.24) is 24.7 Å². The molecule has 1 aliphatic carbocycles. The van der Waals surface area contributed by atoms with Crippen LogP contribution in [0.4, 0.5) is 0 Å². The fourth-order valence-corrected chi connectivity index (χ4v) is 6.45. The molecule has 7 heteroatoms. The minimum atomic E-state index is -0.695. The van der Waals surface area contributed by atoms with E-state index in [-0.39, 0.29) is 17.9 Å². The molecule has 1 spiro atoms. The maximum absolute atomic E-state index is 13.6. The average molecular weight is 466 g/mol. The SMILES string of the molecule is CCCN1C(=O)C(CC2CCCCC2)NC(=O)C12CCN(Cc1nc3ccccc3n1C)CC2. The summed E-state index contributed by atoms with van der Waals surface area (Å²) in [5.41, 5.74) is 1.46. The highest BCUT2D eigenvalue weighted by Gasteiger charge is 2.53. The number of benzene rings is 1. The van der Waals surface area contributed by atoms with E-state index < -0.39 is 5.54 Å². The molecule has 184 valence electrons. The van der Waals surface area contributed by atoms with Crippen molar-refractivity contribution >= 4 is 22.8 Å². The molecule has 7 nitrogen and oxygen atoms in total. The number of nitrogens with one attached hydrogen (secondary N) is 1. The Morgan fingerprint density at radius 1 is 1.09 bits per heavy atom. The summed E-state index contributed by atoms with van der Waals surface area (Å²) in [6.45, 7) is 5.10. The lowest BCUT2D eigenvalue weighted by molar-refractivity contribution is -0.162. The lowest BCUT2D eigenvalue weighted by atomic mass is 9.79. The Bertz CT molecular complexity index is 1030. The summed E-state index contributed by atoms with van der Waals surface area (Å²) in [4.78, 5) is 36.3. The van der Waals surface area contributed by atoms with Gasteiger partial charge in [0.2, 0.25) is 11.8 Å². The van der Waals surface area contributed by atoms with Crippen LogP contribution in [-0.2, 0) is 23.2 Å². The molecule has 5 rings (SSSR count). The Balaban J connectivity index is 1.28. The zero-order valence-electron chi connectivity index (χ0n) is 20.8. The highest BCUT2D eigenvalue weighted by Crippen LogP contribution is 2.36. The Morgan fingerprint density at radius 2 is 1.82 bits per heavy atom. The van der Waals surface area contributed by atoms with Crippen molar-refractivity contribution in [2.75, 3.05) is 19.6 Å². The van der Waals surface area contributed by atoms with Crippen LogP contribution in [0.1, 0.15) is 70.5 Å². The molecule has 2 aliphatic heterocycles. The summed E-state index contributed by atoms with van der Waals surface area (Å²) in [5.74, 6) is 1.83. The van der Waals surface area contributed by atoms with Crippen molar-refractivity contribution < 1.29 is 9.59 Å². The summed E-state index contributed by atoms with van der Waals surface area (Å²) >= 11 is 0. The van der Waals surface area contributed by atoms with E-state index in [1.54, 1.807) is 0 Å². The highest BCUT2D eigenvalue weighted by molar-refractivity contribution is 6.00. The van der Waals surface area contributed by atoms with Crippen molar-refractivity contribution in [2.24, 2.45) is 13.0 Å². The molecular formula is C27H39N5O2. The smallest absolute Gasteiger partial charge is 0.246 e. The largest absolute Gasteiger partial charge is 0.342 e. The number of carbonyl (C=O) groups excluding carboxylic acids is 2. The van der Waals surface area contributed by atoms with Gasteiger partial charge in [0.1, 0.15) is 17.4 Å². The molecular weight excluding hydrogens is 426 g/mol. The molecule has 1 aromatic carbocycles. The normalized spacial score (nSPS) is 24.2. The van der Waals surface area contributed by atoms with Gasteiger partial charge in [0.15, 0.2) is 0 Å². The number of rotatable bonds is 6. The van der Waals surface area contributed by atoms with Gasteiger partial charge in [-0.2, -0.15) is 0 Å². The van der Waals surface area contributed by atoms with Crippen molar-refractivity contribution in [3.05, 3.63) is 30.1 Å². The molecule has 2 saturated heterocycles. The van der Waals surface area contributed by atoms with E-state index in [1.165, 1.54) is 32.1 Å². The second kappa shape index (κ2) is 9.68. The van der Waals surface area contributed by atoms with E-state index in [0.717, 1.165) is 49.3 Å². The zero-order chi connectivity index (χ0) is 23.7. The third-order valence-electron chi connectivity index (χ3n) is 8.48. The molecule has 0 bridgehead atoms. The van der Waals surface area contributed by atoms with Crippen LogP contribution in [0, 0.1) is 5.92 Å². The number of hydrogen-bond acceptors (Lipinski definition) is 4. The summed E-state index contributed by atoms with van der Waals surface area (Å²) in [5, 5.41) is 3.19. The first-order valence-electron chi connectivity index (χ1n) is 13.3. The number of hydrogen-bond donors (Lipinski definition) is 1. The lowest BCUT2D eigenvalue weighted by Crippen LogP contribution is -2.73. The zero-order valence-corrected chi connectivity index (χ0v) is 20.8. The van der Waals surface area contributed by atoms with Gasteiger partial charge in [-0.1, -0.05) is 51.2 Å². The van der Waals surface area contributed by atoms with Crippen molar-refractivity contribution in [1.29, 1.82) is 0 Å². The number of amides is 2. The number of fused-ring (bicyclic) bond motifs is 1. The monoisotopic (exact) mass is 465 g/mol. The van der Waals surface area contributed by atoms with Crippen LogP contribution in [0.15, 0.2) is 24.3 Å². The summed E-state index contributed by atoms with van der Waals surface area (Å²) in [7, 11) is 2.07. The van der Waals surface area contributed by atoms with E-state index in [2.05, 4.69) is 34.8 Å². The number of likely N-dealkylation sites (tertiary alicyclic amines) is 1.